The number of methoxy groups -OCH3 is 2. The Morgan fingerprint density at radius 2 is 2.00 bits per heavy atom. The minimum atomic E-state index is -0.784. The number of hydrogen-bond acceptors (Lipinski definition) is 4. The molecule has 0 unspecified atom stereocenters. The van der Waals surface area contributed by atoms with E-state index in [0.29, 0.717) is 17.3 Å². The molecule has 0 heterocycles. The number of hydrogen-bond donors (Lipinski definition) is 1. The Kier molecular flexibility index (Phi) is 4.98. The predicted molar refractivity (Wildman–Crippen MR) is 62.5 cm³/mol. The van der Waals surface area contributed by atoms with Crippen LogP contribution in [-0.4, -0.2) is 31.0 Å². The molecule has 0 aliphatic heterocycles. The van der Waals surface area contributed by atoms with Gasteiger partial charge in [-0.2, -0.15) is 0 Å². The number of carbonyl (C=O) groups is 1. The second kappa shape index (κ2) is 6.27. The van der Waals surface area contributed by atoms with Crippen LogP contribution in [0.5, 0.6) is 11.5 Å². The van der Waals surface area contributed by atoms with Crippen molar-refractivity contribution in [2.75, 3.05) is 20.0 Å². The highest BCUT2D eigenvalue weighted by Gasteiger charge is 2.05. The molecule has 1 aromatic carbocycles. The summed E-state index contributed by atoms with van der Waals surface area (Å²) >= 11 is 1.48. The van der Waals surface area contributed by atoms with Crippen LogP contribution in [0.25, 0.3) is 0 Å². The first-order valence-electron chi connectivity index (χ1n) is 4.74. The largest absolute Gasteiger partial charge is 0.493 e. The van der Waals surface area contributed by atoms with E-state index in [-0.39, 0.29) is 6.42 Å². The van der Waals surface area contributed by atoms with Crippen LogP contribution in [0.2, 0.25) is 0 Å². The van der Waals surface area contributed by atoms with Crippen LogP contribution in [0, 0.1) is 0 Å². The second-order valence-corrected chi connectivity index (χ2v) is 4.18. The molecule has 0 saturated heterocycles. The lowest BCUT2D eigenvalue weighted by molar-refractivity contribution is -0.136. The summed E-state index contributed by atoms with van der Waals surface area (Å²) in [5.74, 6) is 1.09. The smallest absolute Gasteiger partial charge is 0.304 e. The number of rotatable bonds is 6. The van der Waals surface area contributed by atoms with E-state index in [2.05, 4.69) is 0 Å². The summed E-state index contributed by atoms with van der Waals surface area (Å²) in [7, 11) is 3.15. The van der Waals surface area contributed by atoms with Gasteiger partial charge in [-0.25, -0.2) is 0 Å². The van der Waals surface area contributed by atoms with Gasteiger partial charge in [0.05, 0.1) is 20.6 Å². The van der Waals surface area contributed by atoms with Gasteiger partial charge < -0.3 is 14.6 Å². The van der Waals surface area contributed by atoms with E-state index in [0.717, 1.165) is 4.90 Å². The topological polar surface area (TPSA) is 55.8 Å². The van der Waals surface area contributed by atoms with Crippen molar-refractivity contribution in [1.29, 1.82) is 0 Å². The molecule has 1 N–H and O–H groups in total. The molecule has 0 bridgehead atoms. The van der Waals surface area contributed by atoms with E-state index >= 15 is 0 Å². The molecule has 5 heteroatoms. The third-order valence-corrected chi connectivity index (χ3v) is 2.94. The van der Waals surface area contributed by atoms with Crippen LogP contribution < -0.4 is 9.47 Å². The third-order valence-electron chi connectivity index (χ3n) is 1.94. The molecule has 0 radical (unpaired) electrons. The Balaban J connectivity index is 2.64. The van der Waals surface area contributed by atoms with Crippen molar-refractivity contribution in [3.05, 3.63) is 18.2 Å². The van der Waals surface area contributed by atoms with E-state index in [4.69, 9.17) is 14.6 Å². The fourth-order valence-electron chi connectivity index (χ4n) is 1.16. The molecular formula is C11H14O4S. The number of thioether (sulfide) groups is 1. The van der Waals surface area contributed by atoms with Crippen LogP contribution in [0.15, 0.2) is 23.1 Å². The summed E-state index contributed by atoms with van der Waals surface area (Å²) in [6.07, 6.45) is 0.152. The first-order valence-corrected chi connectivity index (χ1v) is 5.72. The van der Waals surface area contributed by atoms with Gasteiger partial charge in [0, 0.05) is 10.6 Å². The Bertz CT molecular complexity index is 365. The number of aliphatic carboxylic acids is 1. The average Bonchev–Trinajstić information content (AvgIpc) is 2.28. The lowest BCUT2D eigenvalue weighted by atomic mass is 10.3. The standard InChI is InChI=1S/C11H14O4S/c1-14-9-4-3-8(7-10(9)15-2)16-6-5-11(12)13/h3-4,7H,5-6H2,1-2H3,(H,12,13). The molecule has 1 rings (SSSR count). The van der Waals surface area contributed by atoms with Crippen molar-refractivity contribution in [3.8, 4) is 11.5 Å². The number of carboxylic acid groups (broad SMARTS) is 1. The first kappa shape index (κ1) is 12.7. The minimum absolute atomic E-state index is 0.152. The van der Waals surface area contributed by atoms with E-state index in [1.54, 1.807) is 14.2 Å². The zero-order valence-corrected chi connectivity index (χ0v) is 10.0. The van der Waals surface area contributed by atoms with E-state index in [1.165, 1.54) is 11.8 Å². The van der Waals surface area contributed by atoms with E-state index < -0.39 is 5.97 Å². The van der Waals surface area contributed by atoms with Gasteiger partial charge in [-0.15, -0.1) is 11.8 Å². The number of benzene rings is 1. The van der Waals surface area contributed by atoms with E-state index in [1.807, 2.05) is 18.2 Å². The third kappa shape index (κ3) is 3.66. The molecule has 0 fully saturated rings. The van der Waals surface area contributed by atoms with Crippen molar-refractivity contribution in [3.63, 3.8) is 0 Å². The molecular weight excluding hydrogens is 228 g/mol. The summed E-state index contributed by atoms with van der Waals surface area (Å²) in [6, 6.07) is 5.53. The Labute approximate surface area is 98.6 Å². The normalized spacial score (nSPS) is 9.88. The van der Waals surface area contributed by atoms with Gasteiger partial charge in [0.15, 0.2) is 11.5 Å². The SMILES string of the molecule is COc1ccc(SCCC(=O)O)cc1OC. The maximum absolute atomic E-state index is 10.4. The van der Waals surface area contributed by atoms with Gasteiger partial charge in [0.25, 0.3) is 0 Å². The summed E-state index contributed by atoms with van der Waals surface area (Å²) in [4.78, 5) is 11.3. The van der Waals surface area contributed by atoms with E-state index in [9.17, 15) is 4.79 Å². The fourth-order valence-corrected chi connectivity index (χ4v) is 2.03. The molecule has 0 spiro atoms. The molecule has 4 nitrogen and oxygen atoms in total. The monoisotopic (exact) mass is 242 g/mol. The highest BCUT2D eigenvalue weighted by molar-refractivity contribution is 7.99. The maximum atomic E-state index is 10.4. The summed E-state index contributed by atoms with van der Waals surface area (Å²) in [5, 5.41) is 8.52. The molecule has 0 aliphatic carbocycles. The van der Waals surface area contributed by atoms with Crippen molar-refractivity contribution >= 4 is 17.7 Å². The second-order valence-electron chi connectivity index (χ2n) is 3.01. The van der Waals surface area contributed by atoms with Gasteiger partial charge >= 0.3 is 5.97 Å². The van der Waals surface area contributed by atoms with Gasteiger partial charge in [-0.05, 0) is 18.2 Å². The average molecular weight is 242 g/mol. The van der Waals surface area contributed by atoms with Crippen LogP contribution in [-0.2, 0) is 4.79 Å². The Hall–Kier alpha value is -1.36. The molecule has 0 amide bonds. The lowest BCUT2D eigenvalue weighted by Gasteiger charge is -2.08. The fraction of sp³-hybridized carbons (Fsp3) is 0.364. The van der Waals surface area contributed by atoms with Crippen molar-refractivity contribution in [2.24, 2.45) is 0 Å². The highest BCUT2D eigenvalue weighted by Crippen LogP contribution is 2.31. The van der Waals surface area contributed by atoms with Crippen LogP contribution in [0.4, 0.5) is 0 Å². The Morgan fingerprint density at radius 1 is 1.31 bits per heavy atom. The van der Waals surface area contributed by atoms with Gasteiger partial charge in [0.2, 0.25) is 0 Å². The quantitative estimate of drug-likeness (QED) is 0.775. The van der Waals surface area contributed by atoms with Crippen molar-refractivity contribution in [2.45, 2.75) is 11.3 Å². The molecule has 0 aromatic heterocycles. The maximum Gasteiger partial charge on any atom is 0.304 e. The van der Waals surface area contributed by atoms with Gasteiger partial charge in [-0.3, -0.25) is 4.79 Å². The van der Waals surface area contributed by atoms with Crippen LogP contribution in [0.3, 0.4) is 0 Å². The van der Waals surface area contributed by atoms with Gasteiger partial charge in [0.1, 0.15) is 0 Å². The first-order chi connectivity index (χ1) is 7.67. The highest BCUT2D eigenvalue weighted by atomic mass is 32.2. The molecule has 0 aliphatic rings. The molecule has 88 valence electrons. The molecule has 0 atom stereocenters. The number of carboxylic acids is 1. The zero-order valence-electron chi connectivity index (χ0n) is 9.23. The van der Waals surface area contributed by atoms with Crippen LogP contribution >= 0.6 is 11.8 Å². The molecule has 0 saturated carbocycles. The lowest BCUT2D eigenvalue weighted by Crippen LogP contribution is -1.96. The summed E-state index contributed by atoms with van der Waals surface area (Å²) in [5.41, 5.74) is 0. The molecule has 1 aromatic rings. The zero-order chi connectivity index (χ0) is 12.0. The summed E-state index contributed by atoms with van der Waals surface area (Å²) in [6.45, 7) is 0. The van der Waals surface area contributed by atoms with Gasteiger partial charge in [-0.1, -0.05) is 0 Å². The Morgan fingerprint density at radius 3 is 2.56 bits per heavy atom. The molecule has 16 heavy (non-hydrogen) atoms. The summed E-state index contributed by atoms with van der Waals surface area (Å²) < 4.78 is 10.3. The van der Waals surface area contributed by atoms with Crippen molar-refractivity contribution < 1.29 is 19.4 Å². The minimum Gasteiger partial charge on any atom is -0.493 e. The van der Waals surface area contributed by atoms with Crippen molar-refractivity contribution in [1.82, 2.24) is 0 Å². The van der Waals surface area contributed by atoms with Crippen LogP contribution in [0.1, 0.15) is 6.42 Å². The number of ether oxygens (including phenoxy) is 2. The predicted octanol–water partition coefficient (Wildman–Crippen LogP) is 2.27.